The minimum atomic E-state index is -0.338. The average Bonchev–Trinajstić information content (AvgIpc) is 2.74. The van der Waals surface area contributed by atoms with Crippen LogP contribution in [-0.2, 0) is 4.79 Å². The highest BCUT2D eigenvalue weighted by Gasteiger charge is 2.02. The van der Waals surface area contributed by atoms with E-state index in [0.29, 0.717) is 5.75 Å². The molecule has 0 heterocycles. The van der Waals surface area contributed by atoms with E-state index in [-0.39, 0.29) is 12.5 Å². The topological polar surface area (TPSA) is 72.0 Å². The quantitative estimate of drug-likeness (QED) is 0.462. The van der Waals surface area contributed by atoms with E-state index in [1.807, 2.05) is 54.6 Å². The molecular formula is C22H21N3O3. The van der Waals surface area contributed by atoms with Crippen molar-refractivity contribution in [3.05, 3.63) is 84.4 Å². The molecule has 0 spiro atoms. The first-order valence-corrected chi connectivity index (χ1v) is 8.74. The van der Waals surface area contributed by atoms with E-state index >= 15 is 0 Å². The van der Waals surface area contributed by atoms with E-state index in [1.165, 1.54) is 0 Å². The van der Waals surface area contributed by atoms with Gasteiger partial charge in [-0.3, -0.25) is 4.79 Å². The predicted octanol–water partition coefficient (Wildman–Crippen LogP) is 3.97. The van der Waals surface area contributed by atoms with Gasteiger partial charge in [0.15, 0.2) is 6.61 Å². The molecule has 6 heteroatoms. The van der Waals surface area contributed by atoms with Crippen molar-refractivity contribution in [2.75, 3.05) is 19.0 Å². The lowest BCUT2D eigenvalue weighted by Gasteiger charge is -2.06. The van der Waals surface area contributed by atoms with Crippen LogP contribution in [0.3, 0.4) is 0 Å². The highest BCUT2D eigenvalue weighted by molar-refractivity contribution is 5.83. The molecule has 6 nitrogen and oxygen atoms in total. The number of rotatable bonds is 8. The molecule has 0 fully saturated rings. The minimum absolute atomic E-state index is 0.121. The fourth-order valence-electron chi connectivity index (χ4n) is 2.37. The largest absolute Gasteiger partial charge is 0.497 e. The van der Waals surface area contributed by atoms with Crippen LogP contribution in [0.5, 0.6) is 11.5 Å². The molecule has 1 amide bonds. The van der Waals surface area contributed by atoms with Crippen molar-refractivity contribution >= 4 is 23.5 Å². The van der Waals surface area contributed by atoms with Crippen LogP contribution in [0.2, 0.25) is 0 Å². The summed E-state index contributed by atoms with van der Waals surface area (Å²) in [6.07, 6.45) is 1.58. The van der Waals surface area contributed by atoms with Crippen LogP contribution in [0.4, 0.5) is 11.4 Å². The van der Waals surface area contributed by atoms with Crippen molar-refractivity contribution in [1.29, 1.82) is 0 Å². The molecule has 2 N–H and O–H groups in total. The molecule has 28 heavy (non-hydrogen) atoms. The normalized spacial score (nSPS) is 10.5. The lowest BCUT2D eigenvalue weighted by molar-refractivity contribution is -0.123. The number of nitrogens with one attached hydrogen (secondary N) is 2. The SMILES string of the molecule is COc1ccc(OCC(=O)N/N=C\c2ccc(Nc3ccccc3)cc2)cc1. The predicted molar refractivity (Wildman–Crippen MR) is 110 cm³/mol. The van der Waals surface area contributed by atoms with Crippen molar-refractivity contribution in [2.24, 2.45) is 5.10 Å². The third-order valence-electron chi connectivity index (χ3n) is 3.81. The van der Waals surface area contributed by atoms with Crippen molar-refractivity contribution in [1.82, 2.24) is 5.43 Å². The Kier molecular flexibility index (Phi) is 6.62. The van der Waals surface area contributed by atoms with Gasteiger partial charge in [0.2, 0.25) is 0 Å². The Morgan fingerprint density at radius 1 is 0.893 bits per heavy atom. The Morgan fingerprint density at radius 3 is 2.21 bits per heavy atom. The summed E-state index contributed by atoms with van der Waals surface area (Å²) in [5, 5.41) is 7.26. The summed E-state index contributed by atoms with van der Waals surface area (Å²) in [5.74, 6) is 0.974. The van der Waals surface area contributed by atoms with Gasteiger partial charge < -0.3 is 14.8 Å². The maximum absolute atomic E-state index is 11.8. The summed E-state index contributed by atoms with van der Waals surface area (Å²) in [6.45, 7) is -0.121. The van der Waals surface area contributed by atoms with Crippen LogP contribution in [0.25, 0.3) is 0 Å². The zero-order valence-corrected chi connectivity index (χ0v) is 15.5. The molecule has 0 atom stereocenters. The fourth-order valence-corrected chi connectivity index (χ4v) is 2.37. The molecular weight excluding hydrogens is 354 g/mol. The number of hydrazone groups is 1. The number of ether oxygens (including phenoxy) is 2. The lowest BCUT2D eigenvalue weighted by atomic mass is 10.2. The minimum Gasteiger partial charge on any atom is -0.497 e. The molecule has 0 radical (unpaired) electrons. The first-order valence-electron chi connectivity index (χ1n) is 8.74. The van der Waals surface area contributed by atoms with Gasteiger partial charge in [0.1, 0.15) is 11.5 Å². The van der Waals surface area contributed by atoms with E-state index in [9.17, 15) is 4.79 Å². The Morgan fingerprint density at radius 2 is 1.54 bits per heavy atom. The number of methoxy groups -OCH3 is 1. The smallest absolute Gasteiger partial charge is 0.277 e. The molecule has 0 saturated carbocycles. The van der Waals surface area contributed by atoms with Crippen molar-refractivity contribution < 1.29 is 14.3 Å². The lowest BCUT2D eigenvalue weighted by Crippen LogP contribution is -2.24. The summed E-state index contributed by atoms with van der Waals surface area (Å²) in [6, 6.07) is 24.6. The highest BCUT2D eigenvalue weighted by atomic mass is 16.5. The number of hydrogen-bond donors (Lipinski definition) is 2. The molecule has 0 aliphatic heterocycles. The monoisotopic (exact) mass is 375 g/mol. The summed E-state index contributed by atoms with van der Waals surface area (Å²) >= 11 is 0. The van der Waals surface area contributed by atoms with Gasteiger partial charge in [-0.05, 0) is 54.1 Å². The van der Waals surface area contributed by atoms with Crippen LogP contribution < -0.4 is 20.2 Å². The molecule has 0 aliphatic rings. The Balaban J connectivity index is 1.43. The van der Waals surface area contributed by atoms with Crippen LogP contribution in [0.1, 0.15) is 5.56 Å². The summed E-state index contributed by atoms with van der Waals surface area (Å²) in [5.41, 5.74) is 5.31. The number of carbonyl (C=O) groups excluding carboxylic acids is 1. The number of nitrogens with zero attached hydrogens (tertiary/aromatic N) is 1. The first-order chi connectivity index (χ1) is 13.7. The van der Waals surface area contributed by atoms with Crippen molar-refractivity contribution in [2.45, 2.75) is 0 Å². The van der Waals surface area contributed by atoms with E-state index in [2.05, 4.69) is 15.8 Å². The number of amides is 1. The summed E-state index contributed by atoms with van der Waals surface area (Å²) in [4.78, 5) is 11.8. The third kappa shape index (κ3) is 5.88. The summed E-state index contributed by atoms with van der Waals surface area (Å²) in [7, 11) is 1.59. The molecule has 0 aromatic heterocycles. The van der Waals surface area contributed by atoms with Gasteiger partial charge in [0, 0.05) is 11.4 Å². The van der Waals surface area contributed by atoms with Gasteiger partial charge in [0.25, 0.3) is 5.91 Å². The molecule has 0 unspecified atom stereocenters. The maximum atomic E-state index is 11.8. The maximum Gasteiger partial charge on any atom is 0.277 e. The van der Waals surface area contributed by atoms with Crippen LogP contribution >= 0.6 is 0 Å². The highest BCUT2D eigenvalue weighted by Crippen LogP contribution is 2.17. The molecule has 3 rings (SSSR count). The third-order valence-corrected chi connectivity index (χ3v) is 3.81. The molecule has 0 bridgehead atoms. The van der Waals surface area contributed by atoms with E-state index in [1.54, 1.807) is 37.6 Å². The van der Waals surface area contributed by atoms with Gasteiger partial charge in [-0.25, -0.2) is 5.43 Å². The number of hydrogen-bond acceptors (Lipinski definition) is 5. The molecule has 0 saturated heterocycles. The van der Waals surface area contributed by atoms with Gasteiger partial charge in [0.05, 0.1) is 13.3 Å². The van der Waals surface area contributed by atoms with Crippen molar-refractivity contribution in [3.63, 3.8) is 0 Å². The second-order valence-electron chi connectivity index (χ2n) is 5.87. The molecule has 0 aliphatic carbocycles. The zero-order chi connectivity index (χ0) is 19.6. The first kappa shape index (κ1) is 19.0. The standard InChI is InChI=1S/C22H21N3O3/c1-27-20-11-13-21(14-12-20)28-16-22(26)25-23-15-17-7-9-19(10-8-17)24-18-5-3-2-4-6-18/h2-15,24H,16H2,1H3,(H,25,26)/b23-15-. The number of para-hydroxylation sites is 1. The van der Waals surface area contributed by atoms with Crippen molar-refractivity contribution in [3.8, 4) is 11.5 Å². The average molecular weight is 375 g/mol. The van der Waals surface area contributed by atoms with Gasteiger partial charge in [-0.1, -0.05) is 30.3 Å². The van der Waals surface area contributed by atoms with E-state index in [0.717, 1.165) is 22.7 Å². The molecule has 3 aromatic carbocycles. The van der Waals surface area contributed by atoms with Gasteiger partial charge >= 0.3 is 0 Å². The summed E-state index contributed by atoms with van der Waals surface area (Å²) < 4.78 is 10.5. The van der Waals surface area contributed by atoms with Crippen LogP contribution in [-0.4, -0.2) is 25.8 Å². The molecule has 3 aromatic rings. The number of carbonyl (C=O) groups is 1. The Bertz CT molecular complexity index is 908. The van der Waals surface area contributed by atoms with Gasteiger partial charge in [-0.2, -0.15) is 5.10 Å². The number of anilines is 2. The van der Waals surface area contributed by atoms with Gasteiger partial charge in [-0.15, -0.1) is 0 Å². The molecule has 142 valence electrons. The van der Waals surface area contributed by atoms with E-state index in [4.69, 9.17) is 9.47 Å². The fraction of sp³-hybridized carbons (Fsp3) is 0.0909. The van der Waals surface area contributed by atoms with Crippen LogP contribution in [0, 0.1) is 0 Å². The second kappa shape index (κ2) is 9.78. The second-order valence-corrected chi connectivity index (χ2v) is 5.87. The Hall–Kier alpha value is -3.80. The number of benzene rings is 3. The van der Waals surface area contributed by atoms with E-state index < -0.39 is 0 Å². The zero-order valence-electron chi connectivity index (χ0n) is 15.5. The Labute approximate surface area is 163 Å². The van der Waals surface area contributed by atoms with Crippen LogP contribution in [0.15, 0.2) is 84.0 Å².